The molecule has 0 bridgehead atoms. The van der Waals surface area contributed by atoms with Crippen molar-refractivity contribution in [3.8, 4) is 5.75 Å². The first-order valence-electron chi connectivity index (χ1n) is 9.51. The second-order valence-corrected chi connectivity index (χ2v) is 14.5. The number of benzene rings is 2. The van der Waals surface area contributed by atoms with E-state index in [9.17, 15) is 18.0 Å². The van der Waals surface area contributed by atoms with Crippen molar-refractivity contribution in [2.75, 3.05) is 0 Å². The Morgan fingerprint density at radius 2 is 1.60 bits per heavy atom. The zero-order valence-electron chi connectivity index (χ0n) is 17.6. The molecule has 0 aliphatic carbocycles. The second kappa shape index (κ2) is 9.29. The highest BCUT2D eigenvalue weighted by Crippen LogP contribution is 2.38. The van der Waals surface area contributed by atoms with Gasteiger partial charge in [0.25, 0.3) is 0 Å². The molecular formula is C22H26F3IO3Si. The molecule has 164 valence electrons. The van der Waals surface area contributed by atoms with Crippen molar-refractivity contribution in [1.82, 2.24) is 0 Å². The quantitative estimate of drug-likeness (QED) is 0.212. The van der Waals surface area contributed by atoms with Crippen LogP contribution >= 0.6 is 22.6 Å². The maximum atomic E-state index is 13.1. The van der Waals surface area contributed by atoms with Crippen LogP contribution in [0.1, 0.15) is 49.2 Å². The summed E-state index contributed by atoms with van der Waals surface area (Å²) in [7, 11) is -2.07. The van der Waals surface area contributed by atoms with Crippen molar-refractivity contribution < 1.29 is 27.1 Å². The molecule has 8 heteroatoms. The largest absolute Gasteiger partial charge is 0.544 e. The molecule has 0 saturated heterocycles. The lowest BCUT2D eigenvalue weighted by molar-refractivity contribution is -0.155. The van der Waals surface area contributed by atoms with Crippen LogP contribution in [0.3, 0.4) is 0 Å². The number of carbonyl (C=O) groups is 1. The molecule has 0 spiro atoms. The zero-order chi connectivity index (χ0) is 22.7. The Labute approximate surface area is 190 Å². The lowest BCUT2D eigenvalue weighted by atomic mass is 10.1. The summed E-state index contributed by atoms with van der Waals surface area (Å²) in [5.41, 5.74) is 0.511. The van der Waals surface area contributed by atoms with Gasteiger partial charge in [0.05, 0.1) is 12.0 Å². The fourth-order valence-corrected chi connectivity index (χ4v) is 4.09. The van der Waals surface area contributed by atoms with Gasteiger partial charge in [-0.1, -0.05) is 45.0 Å². The highest BCUT2D eigenvalue weighted by molar-refractivity contribution is 14.1. The van der Waals surface area contributed by atoms with Gasteiger partial charge in [0.15, 0.2) is 0 Å². The molecule has 1 atom stereocenters. The fourth-order valence-electron chi connectivity index (χ4n) is 2.46. The van der Waals surface area contributed by atoms with Crippen molar-refractivity contribution >= 4 is 36.9 Å². The van der Waals surface area contributed by atoms with Crippen LogP contribution < -0.4 is 4.43 Å². The van der Waals surface area contributed by atoms with E-state index in [1.165, 1.54) is 18.2 Å². The standard InChI is InChI=1S/C22H26F3IO3Si/c1-21(2,3)30(4,5)29-16-12-10-15(11-13-16)19(14-22(23,24)25)28-20(27)17-8-6-7-9-18(17)26/h6-13,19H,14H2,1-5H3. The molecule has 3 nitrogen and oxygen atoms in total. The van der Waals surface area contributed by atoms with Crippen LogP contribution in [0, 0.1) is 3.57 Å². The number of hydrogen-bond donors (Lipinski definition) is 0. The Kier molecular flexibility index (Phi) is 7.66. The molecule has 0 amide bonds. The summed E-state index contributed by atoms with van der Waals surface area (Å²) < 4.78 is 51.5. The smallest absolute Gasteiger partial charge is 0.392 e. The van der Waals surface area contributed by atoms with Gasteiger partial charge in [0, 0.05) is 3.57 Å². The predicted octanol–water partition coefficient (Wildman–Crippen LogP) is 7.53. The van der Waals surface area contributed by atoms with Crippen LogP contribution in [0.5, 0.6) is 5.75 Å². The molecule has 0 saturated carbocycles. The third-order valence-corrected chi connectivity index (χ3v) is 10.5. The maximum Gasteiger partial charge on any atom is 0.392 e. The molecule has 0 N–H and O–H groups in total. The number of alkyl halides is 3. The van der Waals surface area contributed by atoms with Crippen molar-refractivity contribution in [2.24, 2.45) is 0 Å². The second-order valence-electron chi connectivity index (χ2n) is 8.62. The minimum Gasteiger partial charge on any atom is -0.544 e. The minimum atomic E-state index is -4.48. The first-order valence-corrected chi connectivity index (χ1v) is 13.5. The van der Waals surface area contributed by atoms with E-state index in [0.717, 1.165) is 0 Å². The van der Waals surface area contributed by atoms with Crippen molar-refractivity contribution in [1.29, 1.82) is 0 Å². The molecular weight excluding hydrogens is 524 g/mol. The number of ether oxygens (including phenoxy) is 1. The Hall–Kier alpha value is -1.55. The monoisotopic (exact) mass is 550 g/mol. The number of hydrogen-bond acceptors (Lipinski definition) is 3. The molecule has 0 fully saturated rings. The normalized spacial score (nSPS) is 13.6. The summed E-state index contributed by atoms with van der Waals surface area (Å²) in [6.07, 6.45) is -7.18. The summed E-state index contributed by atoms with van der Waals surface area (Å²) in [5, 5.41) is -0.00709. The SMILES string of the molecule is CC(C)(C)[Si](C)(C)Oc1ccc(C(CC(F)(F)F)OC(=O)c2ccccc2I)cc1. The van der Waals surface area contributed by atoms with Gasteiger partial charge in [-0.05, 0) is 70.6 Å². The van der Waals surface area contributed by atoms with Crippen LogP contribution in [0.4, 0.5) is 13.2 Å². The Balaban J connectivity index is 2.25. The molecule has 0 aliphatic heterocycles. The number of esters is 1. The summed E-state index contributed by atoms with van der Waals surface area (Å²) in [4.78, 5) is 12.5. The van der Waals surface area contributed by atoms with E-state index in [1.54, 1.807) is 30.3 Å². The first kappa shape index (κ1) is 24.7. The van der Waals surface area contributed by atoms with E-state index in [1.807, 2.05) is 22.6 Å². The molecule has 0 aliphatic rings. The number of halogens is 4. The van der Waals surface area contributed by atoms with E-state index in [2.05, 4.69) is 33.9 Å². The van der Waals surface area contributed by atoms with Gasteiger partial charge in [-0.25, -0.2) is 4.79 Å². The van der Waals surface area contributed by atoms with E-state index in [0.29, 0.717) is 9.32 Å². The third-order valence-electron chi connectivity index (χ3n) is 5.19. The lowest BCUT2D eigenvalue weighted by Crippen LogP contribution is -2.43. The summed E-state index contributed by atoms with van der Waals surface area (Å²) in [6.45, 7) is 10.5. The van der Waals surface area contributed by atoms with E-state index < -0.39 is 33.0 Å². The van der Waals surface area contributed by atoms with Crippen LogP contribution in [0.15, 0.2) is 48.5 Å². The molecule has 2 rings (SSSR count). The zero-order valence-corrected chi connectivity index (χ0v) is 20.8. The number of carbonyl (C=O) groups excluding carboxylic acids is 1. The van der Waals surface area contributed by atoms with Crippen molar-refractivity contribution in [3.05, 3.63) is 63.2 Å². The lowest BCUT2D eigenvalue weighted by Gasteiger charge is -2.36. The van der Waals surface area contributed by atoms with E-state index in [-0.39, 0.29) is 16.2 Å². The van der Waals surface area contributed by atoms with Gasteiger partial charge in [0.2, 0.25) is 8.32 Å². The minimum absolute atomic E-state index is 0.00709. The van der Waals surface area contributed by atoms with Gasteiger partial charge in [-0.2, -0.15) is 13.2 Å². The predicted molar refractivity (Wildman–Crippen MR) is 122 cm³/mol. The average molecular weight is 550 g/mol. The van der Waals surface area contributed by atoms with E-state index in [4.69, 9.17) is 9.16 Å². The van der Waals surface area contributed by atoms with Crippen LogP contribution in [0.25, 0.3) is 0 Å². The van der Waals surface area contributed by atoms with Crippen molar-refractivity contribution in [2.45, 2.75) is 57.6 Å². The first-order chi connectivity index (χ1) is 13.7. The molecule has 0 radical (unpaired) electrons. The number of rotatable bonds is 6. The van der Waals surface area contributed by atoms with Crippen LogP contribution in [-0.4, -0.2) is 20.5 Å². The fraction of sp³-hybridized carbons (Fsp3) is 0.409. The summed E-state index contributed by atoms with van der Waals surface area (Å²) in [6, 6.07) is 13.0. The van der Waals surface area contributed by atoms with Gasteiger partial charge in [0.1, 0.15) is 11.9 Å². The topological polar surface area (TPSA) is 35.5 Å². The highest BCUT2D eigenvalue weighted by atomic mass is 127. The van der Waals surface area contributed by atoms with Crippen LogP contribution in [-0.2, 0) is 4.74 Å². The molecule has 1 unspecified atom stereocenters. The molecule has 0 aromatic heterocycles. The van der Waals surface area contributed by atoms with Gasteiger partial charge >= 0.3 is 12.1 Å². The third kappa shape index (κ3) is 6.73. The van der Waals surface area contributed by atoms with Crippen molar-refractivity contribution in [3.63, 3.8) is 0 Å². The molecule has 2 aromatic carbocycles. The summed E-state index contributed by atoms with van der Waals surface area (Å²) >= 11 is 1.95. The average Bonchev–Trinajstić information content (AvgIpc) is 2.59. The van der Waals surface area contributed by atoms with E-state index >= 15 is 0 Å². The Morgan fingerprint density at radius 3 is 2.10 bits per heavy atom. The Morgan fingerprint density at radius 1 is 1.03 bits per heavy atom. The van der Waals surface area contributed by atoms with Gasteiger partial charge in [-0.3, -0.25) is 0 Å². The molecule has 30 heavy (non-hydrogen) atoms. The van der Waals surface area contributed by atoms with Gasteiger partial charge < -0.3 is 9.16 Å². The molecule has 2 aromatic rings. The summed E-state index contributed by atoms with van der Waals surface area (Å²) in [5.74, 6) is -0.184. The maximum absolute atomic E-state index is 13.1. The van der Waals surface area contributed by atoms with Crippen LogP contribution in [0.2, 0.25) is 18.1 Å². The Bertz CT molecular complexity index is 874. The highest BCUT2D eigenvalue weighted by Gasteiger charge is 2.39. The van der Waals surface area contributed by atoms with Gasteiger partial charge in [-0.15, -0.1) is 0 Å². The molecule has 0 heterocycles.